The van der Waals surface area contributed by atoms with Gasteiger partial charge in [-0.05, 0) is 23.9 Å². The maximum Gasteiger partial charge on any atom is 0.0695 e. The van der Waals surface area contributed by atoms with Gasteiger partial charge in [-0.15, -0.1) is 11.3 Å². The van der Waals surface area contributed by atoms with Crippen LogP contribution in [0.15, 0.2) is 11.4 Å². The molecule has 1 heterocycles. The molecule has 4 heteroatoms. The molecular formula is C9H12N2OS. The van der Waals surface area contributed by atoms with Crippen molar-refractivity contribution in [2.75, 3.05) is 6.61 Å². The Labute approximate surface area is 81.4 Å². The number of nitrogens with two attached hydrogens (primary N) is 1. The molecule has 0 radical (unpaired) electrons. The van der Waals surface area contributed by atoms with Gasteiger partial charge in [0.15, 0.2) is 0 Å². The van der Waals surface area contributed by atoms with Crippen LogP contribution >= 0.6 is 11.3 Å². The van der Waals surface area contributed by atoms with Gasteiger partial charge in [-0.3, -0.25) is 0 Å². The van der Waals surface area contributed by atoms with Crippen molar-refractivity contribution in [1.29, 1.82) is 5.26 Å². The van der Waals surface area contributed by atoms with E-state index in [1.165, 1.54) is 11.3 Å². The topological polar surface area (TPSA) is 70.0 Å². The van der Waals surface area contributed by atoms with Crippen molar-refractivity contribution in [2.45, 2.75) is 18.9 Å². The largest absolute Gasteiger partial charge is 0.394 e. The average Bonchev–Trinajstić information content (AvgIpc) is 2.54. The van der Waals surface area contributed by atoms with Gasteiger partial charge >= 0.3 is 0 Å². The van der Waals surface area contributed by atoms with Crippen molar-refractivity contribution in [1.82, 2.24) is 0 Å². The lowest BCUT2D eigenvalue weighted by Gasteiger charge is -2.19. The lowest BCUT2D eigenvalue weighted by Crippen LogP contribution is -2.36. The lowest BCUT2D eigenvalue weighted by atomic mass is 9.97. The van der Waals surface area contributed by atoms with Crippen molar-refractivity contribution in [3.05, 3.63) is 21.9 Å². The summed E-state index contributed by atoms with van der Waals surface area (Å²) in [7, 11) is 0. The van der Waals surface area contributed by atoms with E-state index < -0.39 is 5.54 Å². The second kappa shape index (κ2) is 3.88. The van der Waals surface area contributed by atoms with Gasteiger partial charge in [-0.2, -0.15) is 5.26 Å². The van der Waals surface area contributed by atoms with E-state index in [1.807, 2.05) is 11.4 Å². The first kappa shape index (κ1) is 10.2. The Hall–Kier alpha value is -0.890. The van der Waals surface area contributed by atoms with Crippen LogP contribution in [0, 0.1) is 11.3 Å². The van der Waals surface area contributed by atoms with Gasteiger partial charge in [-0.25, -0.2) is 0 Å². The third-order valence-electron chi connectivity index (χ3n) is 1.89. The normalized spacial score (nSPS) is 14.9. The van der Waals surface area contributed by atoms with E-state index >= 15 is 0 Å². The van der Waals surface area contributed by atoms with Gasteiger partial charge in [0, 0.05) is 4.88 Å². The SMILES string of the molecule is CC(N)(CO)c1csc(CC#N)c1. The maximum absolute atomic E-state index is 9.00. The third kappa shape index (κ3) is 2.28. The van der Waals surface area contributed by atoms with Gasteiger partial charge in [0.25, 0.3) is 0 Å². The van der Waals surface area contributed by atoms with Crippen molar-refractivity contribution in [3.8, 4) is 6.07 Å². The van der Waals surface area contributed by atoms with Crippen LogP contribution in [-0.4, -0.2) is 11.7 Å². The highest BCUT2D eigenvalue weighted by atomic mass is 32.1. The van der Waals surface area contributed by atoms with Crippen molar-refractivity contribution in [2.24, 2.45) is 5.73 Å². The van der Waals surface area contributed by atoms with E-state index in [2.05, 4.69) is 6.07 Å². The van der Waals surface area contributed by atoms with Crippen molar-refractivity contribution >= 4 is 11.3 Å². The van der Waals surface area contributed by atoms with E-state index in [0.29, 0.717) is 6.42 Å². The smallest absolute Gasteiger partial charge is 0.0695 e. The number of rotatable bonds is 3. The third-order valence-corrected chi connectivity index (χ3v) is 2.83. The summed E-state index contributed by atoms with van der Waals surface area (Å²) in [6, 6.07) is 3.95. The van der Waals surface area contributed by atoms with Crippen LogP contribution in [0.5, 0.6) is 0 Å². The molecule has 3 N–H and O–H groups in total. The summed E-state index contributed by atoms with van der Waals surface area (Å²) in [6.07, 6.45) is 0.409. The van der Waals surface area contributed by atoms with Crippen molar-refractivity contribution < 1.29 is 5.11 Å². The van der Waals surface area contributed by atoms with Crippen LogP contribution < -0.4 is 5.73 Å². The van der Waals surface area contributed by atoms with Crippen LogP contribution in [0.4, 0.5) is 0 Å². The van der Waals surface area contributed by atoms with Gasteiger partial charge in [0.2, 0.25) is 0 Å². The molecule has 0 amide bonds. The van der Waals surface area contributed by atoms with E-state index in [0.717, 1.165) is 10.4 Å². The molecule has 0 bridgehead atoms. The summed E-state index contributed by atoms with van der Waals surface area (Å²) in [5.41, 5.74) is 6.02. The Morgan fingerprint density at radius 2 is 2.46 bits per heavy atom. The number of nitriles is 1. The summed E-state index contributed by atoms with van der Waals surface area (Å²) in [6.45, 7) is 1.68. The first-order chi connectivity index (χ1) is 6.10. The number of thiophene rings is 1. The molecule has 1 unspecified atom stereocenters. The molecule has 0 aliphatic rings. The second-order valence-corrected chi connectivity index (χ2v) is 4.21. The Bertz CT molecular complexity index is 325. The molecule has 3 nitrogen and oxygen atoms in total. The molecule has 1 atom stereocenters. The number of hydrogen-bond acceptors (Lipinski definition) is 4. The maximum atomic E-state index is 9.00. The molecule has 0 saturated heterocycles. The molecule has 1 rings (SSSR count). The quantitative estimate of drug-likeness (QED) is 0.757. The Morgan fingerprint density at radius 3 is 3.00 bits per heavy atom. The van der Waals surface area contributed by atoms with Gasteiger partial charge in [0.05, 0.1) is 24.6 Å². The molecule has 13 heavy (non-hydrogen) atoms. The summed E-state index contributed by atoms with van der Waals surface area (Å²) in [5.74, 6) is 0. The minimum atomic E-state index is -0.690. The highest BCUT2D eigenvalue weighted by Gasteiger charge is 2.21. The molecule has 0 spiro atoms. The minimum Gasteiger partial charge on any atom is -0.394 e. The number of hydrogen-bond donors (Lipinski definition) is 2. The summed E-state index contributed by atoms with van der Waals surface area (Å²) in [4.78, 5) is 0.989. The van der Waals surface area contributed by atoms with E-state index in [9.17, 15) is 0 Å². The Morgan fingerprint density at radius 1 is 1.77 bits per heavy atom. The molecule has 0 saturated carbocycles. The first-order valence-electron chi connectivity index (χ1n) is 3.95. The van der Waals surface area contributed by atoms with Crippen LogP contribution in [-0.2, 0) is 12.0 Å². The number of nitrogens with zero attached hydrogens (tertiary/aromatic N) is 1. The zero-order valence-corrected chi connectivity index (χ0v) is 8.27. The summed E-state index contributed by atoms with van der Waals surface area (Å²) < 4.78 is 0. The van der Waals surface area contributed by atoms with Crippen LogP contribution in [0.2, 0.25) is 0 Å². The average molecular weight is 196 g/mol. The molecule has 0 fully saturated rings. The summed E-state index contributed by atoms with van der Waals surface area (Å²) >= 11 is 1.50. The standard InChI is InChI=1S/C9H12N2OS/c1-9(11,6-12)7-4-8(2-3-10)13-5-7/h4-5,12H,2,6,11H2,1H3. The molecule has 0 aliphatic heterocycles. The number of aliphatic hydroxyl groups excluding tert-OH is 1. The molecular weight excluding hydrogens is 184 g/mol. The van der Waals surface area contributed by atoms with Gasteiger partial charge in [0.1, 0.15) is 0 Å². The van der Waals surface area contributed by atoms with Crippen LogP contribution in [0.3, 0.4) is 0 Å². The monoisotopic (exact) mass is 196 g/mol. The van der Waals surface area contributed by atoms with Crippen LogP contribution in [0.25, 0.3) is 0 Å². The van der Waals surface area contributed by atoms with Gasteiger partial charge in [-0.1, -0.05) is 0 Å². The van der Waals surface area contributed by atoms with Crippen LogP contribution in [0.1, 0.15) is 17.4 Å². The molecule has 1 aromatic heterocycles. The van der Waals surface area contributed by atoms with E-state index in [1.54, 1.807) is 6.92 Å². The molecule has 0 aliphatic carbocycles. The minimum absolute atomic E-state index is 0.0876. The van der Waals surface area contributed by atoms with E-state index in [4.69, 9.17) is 16.1 Å². The molecule has 0 aromatic carbocycles. The summed E-state index contributed by atoms with van der Waals surface area (Å²) in [5, 5.41) is 19.4. The number of aliphatic hydroxyl groups is 1. The zero-order valence-electron chi connectivity index (χ0n) is 7.45. The fourth-order valence-corrected chi connectivity index (χ4v) is 1.90. The highest BCUT2D eigenvalue weighted by molar-refractivity contribution is 7.10. The Kier molecular flexibility index (Phi) is 3.04. The molecule has 1 aromatic rings. The second-order valence-electron chi connectivity index (χ2n) is 3.21. The predicted octanol–water partition coefficient (Wildman–Crippen LogP) is 0.980. The van der Waals surface area contributed by atoms with E-state index in [-0.39, 0.29) is 6.61 Å². The fraction of sp³-hybridized carbons (Fsp3) is 0.444. The fourth-order valence-electron chi connectivity index (χ4n) is 0.942. The Balaban J connectivity index is 2.86. The first-order valence-corrected chi connectivity index (χ1v) is 4.82. The van der Waals surface area contributed by atoms with Gasteiger partial charge < -0.3 is 10.8 Å². The van der Waals surface area contributed by atoms with Crippen molar-refractivity contribution in [3.63, 3.8) is 0 Å². The highest BCUT2D eigenvalue weighted by Crippen LogP contribution is 2.23. The predicted molar refractivity (Wildman–Crippen MR) is 52.3 cm³/mol. The zero-order chi connectivity index (χ0) is 9.90. The lowest BCUT2D eigenvalue weighted by molar-refractivity contribution is 0.210. The molecule has 70 valence electrons.